The van der Waals surface area contributed by atoms with E-state index in [0.29, 0.717) is 10.6 Å². The molecule has 0 fully saturated rings. The van der Waals surface area contributed by atoms with E-state index in [2.05, 4.69) is 4.74 Å². The van der Waals surface area contributed by atoms with E-state index in [9.17, 15) is 9.90 Å². The number of hydrogen-bond acceptors (Lipinski definition) is 3. The van der Waals surface area contributed by atoms with Crippen LogP contribution in [0, 0.1) is 0 Å². The number of rotatable bonds is 2. The van der Waals surface area contributed by atoms with Crippen molar-refractivity contribution in [3.63, 3.8) is 0 Å². The molecule has 0 aliphatic heterocycles. The second-order valence-electron chi connectivity index (χ2n) is 2.88. The minimum absolute atomic E-state index is 0.292. The van der Waals surface area contributed by atoms with E-state index >= 15 is 0 Å². The number of benzene rings is 1. The second-order valence-corrected chi connectivity index (χ2v) is 3.29. The van der Waals surface area contributed by atoms with Gasteiger partial charge in [-0.1, -0.05) is 29.8 Å². The maximum atomic E-state index is 10.5. The molecule has 0 aromatic heterocycles. The molecule has 0 saturated carbocycles. The summed E-state index contributed by atoms with van der Waals surface area (Å²) in [4.78, 5) is 10.5. The first-order chi connectivity index (χ1) is 6.43. The van der Waals surface area contributed by atoms with Crippen LogP contribution >= 0.6 is 11.6 Å². The van der Waals surface area contributed by atoms with Crippen LogP contribution < -0.4 is 5.73 Å². The molecule has 5 heteroatoms. The molecule has 0 aliphatic carbocycles. The van der Waals surface area contributed by atoms with Crippen molar-refractivity contribution in [2.45, 2.75) is 12.7 Å². The molecule has 0 saturated heterocycles. The number of halogens is 1. The van der Waals surface area contributed by atoms with Crippen LogP contribution in [0.15, 0.2) is 24.3 Å². The fourth-order valence-electron chi connectivity index (χ4n) is 1.09. The lowest BCUT2D eigenvalue weighted by atomic mass is 10.1. The Hall–Kier alpha value is -1.26. The summed E-state index contributed by atoms with van der Waals surface area (Å²) in [6.07, 6.45) is -1.06. The third-order valence-electron chi connectivity index (χ3n) is 1.67. The molecule has 1 unspecified atom stereocenters. The topological polar surface area (TPSA) is 72.6 Å². The SMILES string of the molecule is CC(O)(OC(N)=O)c1ccccc1Cl. The molecule has 0 aliphatic rings. The van der Waals surface area contributed by atoms with E-state index in [1.54, 1.807) is 24.3 Å². The first-order valence-corrected chi connectivity index (χ1v) is 4.27. The van der Waals surface area contributed by atoms with Crippen LogP contribution in [-0.2, 0) is 10.5 Å². The fraction of sp³-hybridized carbons (Fsp3) is 0.222. The van der Waals surface area contributed by atoms with Crippen molar-refractivity contribution in [2.24, 2.45) is 5.73 Å². The zero-order valence-corrected chi connectivity index (χ0v) is 8.28. The van der Waals surface area contributed by atoms with Crippen molar-refractivity contribution in [1.29, 1.82) is 0 Å². The predicted molar refractivity (Wildman–Crippen MR) is 51.7 cm³/mol. The lowest BCUT2D eigenvalue weighted by Crippen LogP contribution is -2.31. The van der Waals surface area contributed by atoms with Gasteiger partial charge in [0.2, 0.25) is 5.79 Å². The van der Waals surface area contributed by atoms with Gasteiger partial charge in [0.05, 0.1) is 5.02 Å². The standard InChI is InChI=1S/C9H10ClNO3/c1-9(13,14-8(11)12)6-4-2-3-5-7(6)10/h2-5,13H,1H3,(H2,11,12). The summed E-state index contributed by atoms with van der Waals surface area (Å²) in [7, 11) is 0. The average Bonchev–Trinajstić information content (AvgIpc) is 2.02. The van der Waals surface area contributed by atoms with Gasteiger partial charge in [-0.3, -0.25) is 0 Å². The van der Waals surface area contributed by atoms with Gasteiger partial charge in [-0.15, -0.1) is 0 Å². The van der Waals surface area contributed by atoms with Gasteiger partial charge in [0.15, 0.2) is 0 Å². The van der Waals surface area contributed by atoms with E-state index in [1.807, 2.05) is 0 Å². The highest BCUT2D eigenvalue weighted by atomic mass is 35.5. The molecular formula is C9H10ClNO3. The number of carbonyl (C=O) groups is 1. The van der Waals surface area contributed by atoms with Gasteiger partial charge in [0.1, 0.15) is 0 Å². The monoisotopic (exact) mass is 215 g/mol. The summed E-state index contributed by atoms with van der Waals surface area (Å²) in [5.74, 6) is -1.80. The molecule has 4 nitrogen and oxygen atoms in total. The molecule has 1 aromatic rings. The van der Waals surface area contributed by atoms with Crippen LogP contribution in [-0.4, -0.2) is 11.2 Å². The summed E-state index contributed by atoms with van der Waals surface area (Å²) >= 11 is 5.80. The number of aliphatic hydroxyl groups is 1. The van der Waals surface area contributed by atoms with Gasteiger partial charge in [0.25, 0.3) is 0 Å². The highest BCUT2D eigenvalue weighted by Crippen LogP contribution is 2.28. The minimum Gasteiger partial charge on any atom is -0.413 e. The fourth-order valence-corrected chi connectivity index (χ4v) is 1.40. The van der Waals surface area contributed by atoms with Gasteiger partial charge in [-0.25, -0.2) is 4.79 Å². The van der Waals surface area contributed by atoms with Crippen LogP contribution in [0.25, 0.3) is 0 Å². The van der Waals surface area contributed by atoms with Crippen LogP contribution in [0.4, 0.5) is 4.79 Å². The first kappa shape index (κ1) is 10.8. The normalized spacial score (nSPS) is 14.5. The molecule has 14 heavy (non-hydrogen) atoms. The number of ether oxygens (including phenoxy) is 1. The Morgan fingerprint density at radius 3 is 2.64 bits per heavy atom. The smallest absolute Gasteiger partial charge is 0.407 e. The van der Waals surface area contributed by atoms with Crippen molar-refractivity contribution in [1.82, 2.24) is 0 Å². The summed E-state index contributed by atoms with van der Waals surface area (Å²) in [6, 6.07) is 6.49. The summed E-state index contributed by atoms with van der Waals surface area (Å²) in [5.41, 5.74) is 5.09. The van der Waals surface area contributed by atoms with Crippen molar-refractivity contribution < 1.29 is 14.6 Å². The van der Waals surface area contributed by atoms with Gasteiger partial charge in [0, 0.05) is 12.5 Å². The average molecular weight is 216 g/mol. The number of primary amides is 1. The Labute approximate surface area is 86.2 Å². The maximum Gasteiger partial charge on any atom is 0.407 e. The van der Waals surface area contributed by atoms with Gasteiger partial charge >= 0.3 is 6.09 Å². The Bertz CT molecular complexity index is 352. The Morgan fingerprint density at radius 1 is 1.57 bits per heavy atom. The Morgan fingerprint density at radius 2 is 2.14 bits per heavy atom. The number of carbonyl (C=O) groups excluding carboxylic acids is 1. The zero-order chi connectivity index (χ0) is 10.8. The van der Waals surface area contributed by atoms with Gasteiger partial charge in [-0.2, -0.15) is 0 Å². The molecule has 1 atom stereocenters. The van der Waals surface area contributed by atoms with E-state index in [4.69, 9.17) is 17.3 Å². The third-order valence-corrected chi connectivity index (χ3v) is 2.00. The highest BCUT2D eigenvalue weighted by Gasteiger charge is 2.29. The summed E-state index contributed by atoms with van der Waals surface area (Å²) < 4.78 is 4.51. The van der Waals surface area contributed by atoms with Crippen LogP contribution in [0.1, 0.15) is 12.5 Å². The number of hydrogen-bond donors (Lipinski definition) is 2. The number of nitrogens with two attached hydrogens (primary N) is 1. The highest BCUT2D eigenvalue weighted by molar-refractivity contribution is 6.31. The molecule has 1 amide bonds. The molecule has 1 rings (SSSR count). The largest absolute Gasteiger partial charge is 0.413 e. The lowest BCUT2D eigenvalue weighted by molar-refractivity contribution is -0.152. The molecule has 3 N–H and O–H groups in total. The lowest BCUT2D eigenvalue weighted by Gasteiger charge is -2.23. The third kappa shape index (κ3) is 2.37. The predicted octanol–water partition coefficient (Wildman–Crippen LogP) is 1.60. The molecule has 0 bridgehead atoms. The molecule has 0 spiro atoms. The maximum absolute atomic E-state index is 10.5. The van der Waals surface area contributed by atoms with E-state index in [0.717, 1.165) is 0 Å². The summed E-state index contributed by atoms with van der Waals surface area (Å²) in [6.45, 7) is 1.29. The van der Waals surface area contributed by atoms with E-state index in [-0.39, 0.29) is 0 Å². The summed E-state index contributed by atoms with van der Waals surface area (Å²) in [5, 5.41) is 10.0. The number of amides is 1. The van der Waals surface area contributed by atoms with Crippen molar-refractivity contribution in [3.8, 4) is 0 Å². The van der Waals surface area contributed by atoms with Gasteiger partial charge in [-0.05, 0) is 6.07 Å². The quantitative estimate of drug-likeness (QED) is 0.736. The Balaban J connectivity index is 3.03. The van der Waals surface area contributed by atoms with Crippen molar-refractivity contribution in [3.05, 3.63) is 34.9 Å². The molecular weight excluding hydrogens is 206 g/mol. The minimum atomic E-state index is -1.80. The molecule has 1 aromatic carbocycles. The van der Waals surface area contributed by atoms with Crippen LogP contribution in [0.2, 0.25) is 5.02 Å². The molecule has 0 radical (unpaired) electrons. The van der Waals surface area contributed by atoms with E-state index in [1.165, 1.54) is 6.92 Å². The molecule has 0 heterocycles. The van der Waals surface area contributed by atoms with Crippen LogP contribution in [0.5, 0.6) is 0 Å². The Kier molecular flexibility index (Phi) is 2.98. The van der Waals surface area contributed by atoms with Gasteiger partial charge < -0.3 is 15.6 Å². The van der Waals surface area contributed by atoms with E-state index < -0.39 is 11.9 Å². The second kappa shape index (κ2) is 3.86. The first-order valence-electron chi connectivity index (χ1n) is 3.89. The van der Waals surface area contributed by atoms with Crippen molar-refractivity contribution in [2.75, 3.05) is 0 Å². The molecule has 76 valence electrons. The zero-order valence-electron chi connectivity index (χ0n) is 7.53. The van der Waals surface area contributed by atoms with Crippen LogP contribution in [0.3, 0.4) is 0 Å². The van der Waals surface area contributed by atoms with Crippen molar-refractivity contribution >= 4 is 17.7 Å².